The molecule has 0 spiro atoms. The van der Waals surface area contributed by atoms with Crippen molar-refractivity contribution in [3.05, 3.63) is 29.8 Å². The van der Waals surface area contributed by atoms with Crippen molar-refractivity contribution in [2.75, 3.05) is 46.8 Å². The van der Waals surface area contributed by atoms with Crippen LogP contribution in [0.3, 0.4) is 0 Å². The first-order valence-electron chi connectivity index (χ1n) is 8.99. The number of hydrogen-bond donors (Lipinski definition) is 2. The second-order valence-corrected chi connectivity index (χ2v) is 8.98. The second-order valence-electron chi connectivity index (χ2n) is 7.10. The van der Waals surface area contributed by atoms with Gasteiger partial charge in [-0.3, -0.25) is 9.69 Å². The molecule has 1 fully saturated rings. The van der Waals surface area contributed by atoms with E-state index in [1.165, 1.54) is 19.2 Å². The molecule has 2 N–H and O–H groups in total. The van der Waals surface area contributed by atoms with E-state index in [1.54, 1.807) is 12.1 Å². The molecule has 0 saturated carbocycles. The van der Waals surface area contributed by atoms with Crippen LogP contribution in [-0.2, 0) is 10.0 Å². The Morgan fingerprint density at radius 2 is 1.85 bits per heavy atom. The third-order valence-corrected chi connectivity index (χ3v) is 6.34. The zero-order valence-corrected chi connectivity index (χ0v) is 16.8. The fourth-order valence-corrected chi connectivity index (χ4v) is 3.94. The summed E-state index contributed by atoms with van der Waals surface area (Å²) >= 11 is 0. The number of likely N-dealkylation sites (N-methyl/N-ethyl adjacent to an activating group) is 1. The minimum atomic E-state index is -3.56. The molecule has 8 heteroatoms. The van der Waals surface area contributed by atoms with Gasteiger partial charge in [-0.1, -0.05) is 19.9 Å². The highest BCUT2D eigenvalue weighted by atomic mass is 32.2. The summed E-state index contributed by atoms with van der Waals surface area (Å²) in [5.74, 6) is 0.160. The monoisotopic (exact) mass is 382 g/mol. The van der Waals surface area contributed by atoms with Crippen molar-refractivity contribution < 1.29 is 13.2 Å². The molecule has 0 bridgehead atoms. The number of carbonyl (C=O) groups excluding carboxylic acids is 1. The van der Waals surface area contributed by atoms with Gasteiger partial charge in [0.15, 0.2) is 0 Å². The fraction of sp³-hybridized carbons (Fsp3) is 0.611. The molecule has 1 heterocycles. The molecular formula is C18H30N4O3S. The largest absolute Gasteiger partial charge is 0.350 e. The van der Waals surface area contributed by atoms with Gasteiger partial charge in [0.1, 0.15) is 0 Å². The summed E-state index contributed by atoms with van der Waals surface area (Å²) in [6, 6.07) is 6.35. The Labute approximate surface area is 156 Å². The number of hydrogen-bond acceptors (Lipinski definition) is 5. The Bertz CT molecular complexity index is 713. The molecule has 7 nitrogen and oxygen atoms in total. The Morgan fingerprint density at radius 3 is 2.42 bits per heavy atom. The zero-order chi connectivity index (χ0) is 19.3. The van der Waals surface area contributed by atoms with Crippen LogP contribution < -0.4 is 10.0 Å². The van der Waals surface area contributed by atoms with Crippen LogP contribution in [0.4, 0.5) is 0 Å². The molecule has 1 aliphatic heterocycles. The minimum absolute atomic E-state index is 0.0899. The van der Waals surface area contributed by atoms with Crippen LogP contribution >= 0.6 is 0 Å². The lowest BCUT2D eigenvalue weighted by Gasteiger charge is -2.39. The number of carbonyl (C=O) groups is 1. The van der Waals surface area contributed by atoms with E-state index in [9.17, 15) is 13.2 Å². The van der Waals surface area contributed by atoms with Gasteiger partial charge >= 0.3 is 0 Å². The highest BCUT2D eigenvalue weighted by Crippen LogP contribution is 2.14. The second kappa shape index (κ2) is 8.94. The molecule has 1 saturated heterocycles. The van der Waals surface area contributed by atoms with Gasteiger partial charge in [0.05, 0.1) is 4.90 Å². The van der Waals surface area contributed by atoms with Crippen molar-refractivity contribution in [2.45, 2.75) is 24.8 Å². The summed E-state index contributed by atoms with van der Waals surface area (Å²) < 4.78 is 26.1. The van der Waals surface area contributed by atoms with Crippen LogP contribution in [0.5, 0.6) is 0 Å². The van der Waals surface area contributed by atoms with E-state index in [1.807, 2.05) is 0 Å². The molecular weight excluding hydrogens is 352 g/mol. The van der Waals surface area contributed by atoms with Gasteiger partial charge in [0.25, 0.3) is 5.91 Å². The molecule has 1 aromatic rings. The van der Waals surface area contributed by atoms with Crippen LogP contribution in [0.2, 0.25) is 0 Å². The first kappa shape index (κ1) is 20.8. The van der Waals surface area contributed by atoms with Gasteiger partial charge in [0.2, 0.25) is 10.0 Å². The summed E-state index contributed by atoms with van der Waals surface area (Å²) in [6.07, 6.45) is 0. The van der Waals surface area contributed by atoms with E-state index in [-0.39, 0.29) is 16.8 Å². The van der Waals surface area contributed by atoms with Crippen molar-refractivity contribution in [1.29, 1.82) is 0 Å². The Hall–Kier alpha value is -1.48. The quantitative estimate of drug-likeness (QED) is 0.722. The van der Waals surface area contributed by atoms with E-state index in [0.29, 0.717) is 18.0 Å². The summed E-state index contributed by atoms with van der Waals surface area (Å²) in [5.41, 5.74) is 0.349. The smallest absolute Gasteiger partial charge is 0.251 e. The highest BCUT2D eigenvalue weighted by Gasteiger charge is 2.25. The maximum Gasteiger partial charge on any atom is 0.251 e. The van der Waals surface area contributed by atoms with Gasteiger partial charge in [0, 0.05) is 44.3 Å². The average molecular weight is 383 g/mol. The van der Waals surface area contributed by atoms with Crippen molar-refractivity contribution in [1.82, 2.24) is 19.8 Å². The standard InChI is InChI=1S/C18H30N4O3S/c1-14(2)17(22-10-8-21(4)9-11-22)13-20-18(23)15-6-5-7-16(12-15)26(24,25)19-3/h5-7,12,14,17,19H,8-11,13H2,1-4H3,(H,20,23). The molecule has 1 aliphatic rings. The minimum Gasteiger partial charge on any atom is -0.350 e. The predicted octanol–water partition coefficient (Wildman–Crippen LogP) is 0.597. The summed E-state index contributed by atoms with van der Waals surface area (Å²) in [4.78, 5) is 17.3. The third-order valence-electron chi connectivity index (χ3n) is 4.92. The molecule has 1 unspecified atom stereocenters. The highest BCUT2D eigenvalue weighted by molar-refractivity contribution is 7.89. The molecule has 1 aromatic carbocycles. The first-order valence-corrected chi connectivity index (χ1v) is 10.5. The molecule has 1 amide bonds. The molecule has 1 atom stereocenters. The van der Waals surface area contributed by atoms with Crippen LogP contribution in [0.15, 0.2) is 29.2 Å². The van der Waals surface area contributed by atoms with Gasteiger partial charge in [-0.05, 0) is 38.2 Å². The van der Waals surface area contributed by atoms with Gasteiger partial charge in [-0.25, -0.2) is 13.1 Å². The van der Waals surface area contributed by atoms with Crippen molar-refractivity contribution >= 4 is 15.9 Å². The van der Waals surface area contributed by atoms with E-state index in [2.05, 4.69) is 40.7 Å². The lowest BCUT2D eigenvalue weighted by molar-refractivity contribution is 0.0791. The molecule has 146 valence electrons. The van der Waals surface area contributed by atoms with Crippen LogP contribution in [-0.4, -0.2) is 77.0 Å². The van der Waals surface area contributed by atoms with Crippen molar-refractivity contribution in [3.63, 3.8) is 0 Å². The Morgan fingerprint density at radius 1 is 1.19 bits per heavy atom. The van der Waals surface area contributed by atoms with Crippen LogP contribution in [0.1, 0.15) is 24.2 Å². The van der Waals surface area contributed by atoms with Crippen molar-refractivity contribution in [3.8, 4) is 0 Å². The topological polar surface area (TPSA) is 81.7 Å². The van der Waals surface area contributed by atoms with E-state index in [0.717, 1.165) is 26.2 Å². The van der Waals surface area contributed by atoms with Gasteiger partial charge in [-0.2, -0.15) is 0 Å². The maximum atomic E-state index is 12.5. The zero-order valence-electron chi connectivity index (χ0n) is 16.0. The number of nitrogens with one attached hydrogen (secondary N) is 2. The number of sulfonamides is 1. The van der Waals surface area contributed by atoms with E-state index < -0.39 is 10.0 Å². The number of nitrogens with zero attached hydrogens (tertiary/aromatic N) is 2. The lowest BCUT2D eigenvalue weighted by Crippen LogP contribution is -2.54. The van der Waals surface area contributed by atoms with Gasteiger partial charge < -0.3 is 10.2 Å². The summed E-state index contributed by atoms with van der Waals surface area (Å²) in [6.45, 7) is 8.91. The third kappa shape index (κ3) is 5.26. The number of benzene rings is 1. The van der Waals surface area contributed by atoms with Crippen LogP contribution in [0.25, 0.3) is 0 Å². The maximum absolute atomic E-state index is 12.5. The van der Waals surface area contributed by atoms with E-state index in [4.69, 9.17) is 0 Å². The van der Waals surface area contributed by atoms with E-state index >= 15 is 0 Å². The molecule has 2 rings (SSSR count). The normalized spacial score (nSPS) is 18.0. The fourth-order valence-electron chi connectivity index (χ4n) is 3.16. The number of amides is 1. The van der Waals surface area contributed by atoms with Crippen LogP contribution in [0, 0.1) is 5.92 Å². The predicted molar refractivity (Wildman–Crippen MR) is 103 cm³/mol. The molecule has 0 aliphatic carbocycles. The Balaban J connectivity index is 2.03. The van der Waals surface area contributed by atoms with Gasteiger partial charge in [-0.15, -0.1) is 0 Å². The first-order chi connectivity index (χ1) is 12.2. The van der Waals surface area contributed by atoms with Crippen molar-refractivity contribution in [2.24, 2.45) is 5.92 Å². The molecule has 26 heavy (non-hydrogen) atoms. The summed E-state index contributed by atoms with van der Waals surface area (Å²) in [5, 5.41) is 2.98. The SMILES string of the molecule is CNS(=O)(=O)c1cccc(C(=O)NCC(C(C)C)N2CCN(C)CC2)c1. The molecule has 0 radical (unpaired) electrons. The average Bonchev–Trinajstić information content (AvgIpc) is 2.63. The Kier molecular flexibility index (Phi) is 7.16. The summed E-state index contributed by atoms with van der Waals surface area (Å²) in [7, 11) is -0.0909. The number of rotatable bonds is 7. The molecule has 0 aromatic heterocycles. The number of piperazine rings is 1. The lowest BCUT2D eigenvalue weighted by atomic mass is 10.0.